The third-order valence-corrected chi connectivity index (χ3v) is 3.98. The highest BCUT2D eigenvalue weighted by Crippen LogP contribution is 2.31. The first-order valence-corrected chi connectivity index (χ1v) is 6.66. The summed E-state index contributed by atoms with van der Waals surface area (Å²) in [6.07, 6.45) is 0. The van der Waals surface area contributed by atoms with Crippen molar-refractivity contribution >= 4 is 0 Å². The zero-order chi connectivity index (χ0) is 15.7. The van der Waals surface area contributed by atoms with Gasteiger partial charge in [-0.3, -0.25) is 4.90 Å². The van der Waals surface area contributed by atoms with Gasteiger partial charge in [0, 0.05) is 24.2 Å². The van der Waals surface area contributed by atoms with Gasteiger partial charge in [0.05, 0.1) is 6.04 Å². The normalized spacial score (nSPS) is 15.5. The minimum Gasteiger partial charge on any atom is -0.329 e. The van der Waals surface area contributed by atoms with Gasteiger partial charge in [0.15, 0.2) is 11.6 Å². The van der Waals surface area contributed by atoms with Crippen molar-refractivity contribution < 1.29 is 13.2 Å². The molecule has 0 spiro atoms. The summed E-state index contributed by atoms with van der Waals surface area (Å²) in [5, 5.41) is 0. The molecule has 0 aromatic heterocycles. The van der Waals surface area contributed by atoms with Crippen molar-refractivity contribution in [1.82, 2.24) is 4.90 Å². The summed E-state index contributed by atoms with van der Waals surface area (Å²) in [6.45, 7) is 8.30. The molecule has 0 fully saturated rings. The van der Waals surface area contributed by atoms with Crippen molar-refractivity contribution in [3.63, 3.8) is 0 Å². The van der Waals surface area contributed by atoms with E-state index in [0.29, 0.717) is 6.07 Å². The highest BCUT2D eigenvalue weighted by atomic mass is 19.2. The SMILES string of the molecule is CC(N(C)C(CN)c1cc(F)c(F)cc1F)C(C)(C)C. The lowest BCUT2D eigenvalue weighted by molar-refractivity contribution is 0.0982. The number of benzene rings is 1. The minimum atomic E-state index is -1.19. The first kappa shape index (κ1) is 17.0. The Kier molecular flexibility index (Phi) is 5.21. The summed E-state index contributed by atoms with van der Waals surface area (Å²) in [5.41, 5.74) is 5.76. The fraction of sp³-hybridized carbons (Fsp3) is 0.600. The van der Waals surface area contributed by atoms with Crippen LogP contribution in [0.2, 0.25) is 0 Å². The van der Waals surface area contributed by atoms with E-state index in [-0.39, 0.29) is 23.6 Å². The van der Waals surface area contributed by atoms with Gasteiger partial charge in [0.25, 0.3) is 0 Å². The average Bonchev–Trinajstić information content (AvgIpc) is 2.34. The Bertz CT molecular complexity index is 469. The van der Waals surface area contributed by atoms with Crippen molar-refractivity contribution in [2.45, 2.75) is 39.8 Å². The van der Waals surface area contributed by atoms with E-state index < -0.39 is 23.5 Å². The number of nitrogens with zero attached hydrogens (tertiary/aromatic N) is 1. The van der Waals surface area contributed by atoms with Gasteiger partial charge in [-0.25, -0.2) is 13.2 Å². The minimum absolute atomic E-state index is 0.0444. The van der Waals surface area contributed by atoms with E-state index >= 15 is 0 Å². The highest BCUT2D eigenvalue weighted by molar-refractivity contribution is 5.24. The molecule has 0 aliphatic rings. The summed E-state index contributed by atoms with van der Waals surface area (Å²) in [4.78, 5) is 1.90. The molecule has 0 heterocycles. The van der Waals surface area contributed by atoms with Gasteiger partial charge in [-0.1, -0.05) is 20.8 Å². The molecule has 1 aromatic rings. The number of hydrogen-bond acceptors (Lipinski definition) is 2. The molecular formula is C15H23F3N2. The Morgan fingerprint density at radius 1 is 1.10 bits per heavy atom. The van der Waals surface area contributed by atoms with E-state index in [1.54, 1.807) is 0 Å². The summed E-state index contributed by atoms with van der Waals surface area (Å²) in [6, 6.07) is 1.06. The van der Waals surface area contributed by atoms with Crippen molar-refractivity contribution in [2.24, 2.45) is 11.1 Å². The third kappa shape index (κ3) is 3.52. The fourth-order valence-electron chi connectivity index (χ4n) is 2.19. The molecule has 0 aliphatic carbocycles. The third-order valence-electron chi connectivity index (χ3n) is 3.98. The van der Waals surface area contributed by atoms with Crippen LogP contribution in [0.3, 0.4) is 0 Å². The van der Waals surface area contributed by atoms with Gasteiger partial charge in [0.2, 0.25) is 0 Å². The maximum absolute atomic E-state index is 13.9. The molecule has 2 atom stereocenters. The van der Waals surface area contributed by atoms with Gasteiger partial charge < -0.3 is 5.73 Å². The van der Waals surface area contributed by atoms with Crippen LogP contribution < -0.4 is 5.73 Å². The lowest BCUT2D eigenvalue weighted by Gasteiger charge is -2.40. The molecule has 0 aliphatic heterocycles. The summed E-state index contributed by atoms with van der Waals surface area (Å²) in [7, 11) is 1.81. The van der Waals surface area contributed by atoms with Crippen LogP contribution >= 0.6 is 0 Å². The Hall–Kier alpha value is -1.07. The van der Waals surface area contributed by atoms with E-state index in [4.69, 9.17) is 5.73 Å². The van der Waals surface area contributed by atoms with E-state index in [1.165, 1.54) is 0 Å². The zero-order valence-electron chi connectivity index (χ0n) is 12.7. The maximum Gasteiger partial charge on any atom is 0.161 e. The van der Waals surface area contributed by atoms with E-state index in [9.17, 15) is 13.2 Å². The topological polar surface area (TPSA) is 29.3 Å². The Morgan fingerprint density at radius 3 is 2.05 bits per heavy atom. The van der Waals surface area contributed by atoms with Crippen LogP contribution in [0, 0.1) is 22.9 Å². The molecule has 1 aromatic carbocycles. The Morgan fingerprint density at radius 2 is 1.60 bits per heavy atom. The monoisotopic (exact) mass is 288 g/mol. The van der Waals surface area contributed by atoms with E-state index in [1.807, 2.05) is 18.9 Å². The van der Waals surface area contributed by atoms with Crippen molar-refractivity contribution in [1.29, 1.82) is 0 Å². The average molecular weight is 288 g/mol. The van der Waals surface area contributed by atoms with Crippen LogP contribution in [0.5, 0.6) is 0 Å². The molecule has 2 nitrogen and oxygen atoms in total. The molecule has 20 heavy (non-hydrogen) atoms. The summed E-state index contributed by atoms with van der Waals surface area (Å²) >= 11 is 0. The zero-order valence-corrected chi connectivity index (χ0v) is 12.7. The van der Waals surface area contributed by atoms with Crippen LogP contribution in [0.1, 0.15) is 39.3 Å². The number of hydrogen-bond donors (Lipinski definition) is 1. The molecular weight excluding hydrogens is 265 g/mol. The molecule has 0 bridgehead atoms. The molecule has 0 amide bonds. The molecule has 0 saturated carbocycles. The van der Waals surface area contributed by atoms with Crippen LogP contribution in [-0.2, 0) is 0 Å². The van der Waals surface area contributed by atoms with Gasteiger partial charge in [-0.15, -0.1) is 0 Å². The molecule has 5 heteroatoms. The van der Waals surface area contributed by atoms with Gasteiger partial charge in [0.1, 0.15) is 5.82 Å². The van der Waals surface area contributed by atoms with Crippen molar-refractivity contribution in [2.75, 3.05) is 13.6 Å². The number of likely N-dealkylation sites (N-methyl/N-ethyl adjacent to an activating group) is 1. The lowest BCUT2D eigenvalue weighted by atomic mass is 9.86. The molecule has 1 rings (SSSR count). The predicted molar refractivity (Wildman–Crippen MR) is 74.8 cm³/mol. The second-order valence-corrected chi connectivity index (χ2v) is 6.25. The van der Waals surface area contributed by atoms with E-state index in [0.717, 1.165) is 6.07 Å². The highest BCUT2D eigenvalue weighted by Gasteiger charge is 2.30. The first-order valence-electron chi connectivity index (χ1n) is 6.66. The summed E-state index contributed by atoms with van der Waals surface area (Å²) < 4.78 is 40.3. The molecule has 0 radical (unpaired) electrons. The predicted octanol–water partition coefficient (Wildman–Crippen LogP) is 3.47. The number of halogens is 3. The molecule has 0 saturated heterocycles. The molecule has 114 valence electrons. The second-order valence-electron chi connectivity index (χ2n) is 6.25. The summed E-state index contributed by atoms with van der Waals surface area (Å²) in [5.74, 6) is -3.02. The smallest absolute Gasteiger partial charge is 0.161 e. The van der Waals surface area contributed by atoms with Gasteiger partial charge >= 0.3 is 0 Å². The molecule has 2 unspecified atom stereocenters. The van der Waals surface area contributed by atoms with Crippen LogP contribution in [0.4, 0.5) is 13.2 Å². The fourth-order valence-corrected chi connectivity index (χ4v) is 2.19. The van der Waals surface area contributed by atoms with Gasteiger partial charge in [-0.05, 0) is 25.5 Å². The lowest BCUT2D eigenvalue weighted by Crippen LogP contribution is -2.44. The standard InChI is InChI=1S/C15H23F3N2/c1-9(15(2,3)4)20(5)14(8-19)10-6-12(17)13(18)7-11(10)16/h6-7,9,14H,8,19H2,1-5H3. The number of nitrogens with two attached hydrogens (primary N) is 1. The van der Waals surface area contributed by atoms with Crippen LogP contribution in [0.25, 0.3) is 0 Å². The van der Waals surface area contributed by atoms with Crippen LogP contribution in [0.15, 0.2) is 12.1 Å². The quantitative estimate of drug-likeness (QED) is 0.860. The van der Waals surface area contributed by atoms with Gasteiger partial charge in [-0.2, -0.15) is 0 Å². The van der Waals surface area contributed by atoms with Crippen molar-refractivity contribution in [3.05, 3.63) is 35.1 Å². The van der Waals surface area contributed by atoms with Crippen LogP contribution in [-0.4, -0.2) is 24.5 Å². The maximum atomic E-state index is 13.9. The van der Waals surface area contributed by atoms with E-state index in [2.05, 4.69) is 20.8 Å². The first-order chi connectivity index (χ1) is 9.09. The largest absolute Gasteiger partial charge is 0.329 e. The van der Waals surface area contributed by atoms with Crippen molar-refractivity contribution in [3.8, 4) is 0 Å². The Balaban J connectivity index is 3.17. The Labute approximate surface area is 118 Å². The number of rotatable bonds is 4. The molecule has 2 N–H and O–H groups in total. The second kappa shape index (κ2) is 6.14.